The molecule has 0 spiro atoms. The molecule has 0 saturated heterocycles. The maximum Gasteiger partial charge on any atom is 0.176 e. The number of hydrogen-bond donors (Lipinski definition) is 1. The lowest BCUT2D eigenvalue weighted by Crippen LogP contribution is -1.59. The van der Waals surface area contributed by atoms with Gasteiger partial charge >= 0.3 is 0 Å². The molecule has 1 aliphatic carbocycles. The van der Waals surface area contributed by atoms with E-state index >= 15 is 0 Å². The molecular weight excluding hydrogens is 76.1 g/mol. The van der Waals surface area contributed by atoms with Crippen molar-refractivity contribution in [3.8, 4) is 0 Å². The van der Waals surface area contributed by atoms with Crippen molar-refractivity contribution in [2.45, 2.75) is 0 Å². The van der Waals surface area contributed by atoms with Crippen molar-refractivity contribution in [3.05, 3.63) is 29.0 Å². The molecule has 1 heteroatoms. The Morgan fingerprint density at radius 1 is 1.67 bits per heavy atom. The number of aliphatic hydroxyl groups is 1. The van der Waals surface area contributed by atoms with E-state index in [1.54, 1.807) is 0 Å². The molecule has 6 heavy (non-hydrogen) atoms. The van der Waals surface area contributed by atoms with Gasteiger partial charge in [0.2, 0.25) is 0 Å². The lowest BCUT2D eigenvalue weighted by Gasteiger charge is -1.68. The average molecular weight is 78.1 g/mol. The molecule has 0 aromatic carbocycles. The molecule has 0 radical (unpaired) electrons. The fourth-order valence-electron chi connectivity index (χ4n) is 0.241. The summed E-state index contributed by atoms with van der Waals surface area (Å²) in [5.41, 5.74) is 7.30. The Balaban J connectivity index is 3.24. The summed E-state index contributed by atoms with van der Waals surface area (Å²) in [6.45, 7) is 0. The first-order chi connectivity index (χ1) is 2.89. The van der Waals surface area contributed by atoms with Gasteiger partial charge in [0.1, 0.15) is 0 Å². The molecule has 28 valence electrons. The summed E-state index contributed by atoms with van der Waals surface area (Å²) in [5.74, 6) is 0.106. The van der Waals surface area contributed by atoms with Crippen LogP contribution in [0.2, 0.25) is 0 Å². The van der Waals surface area contributed by atoms with Gasteiger partial charge in [-0.1, -0.05) is 5.73 Å². The van der Waals surface area contributed by atoms with Crippen molar-refractivity contribution in [1.29, 1.82) is 0 Å². The van der Waals surface area contributed by atoms with Gasteiger partial charge in [0, 0.05) is 6.08 Å². The zero-order valence-electron chi connectivity index (χ0n) is 3.02. The predicted octanol–water partition coefficient (Wildman–Crippen LogP) is 0.907. The van der Waals surface area contributed by atoms with Crippen LogP contribution < -0.4 is 0 Å². The zero-order valence-corrected chi connectivity index (χ0v) is 3.02. The molecule has 1 aliphatic rings. The minimum Gasteiger partial charge on any atom is -0.500 e. The van der Waals surface area contributed by atoms with Crippen LogP contribution in [0, 0.1) is 0 Å². The maximum absolute atomic E-state index is 8.35. The summed E-state index contributed by atoms with van der Waals surface area (Å²) in [4.78, 5) is 0. The average Bonchev–Trinajstić information content (AvgIpc) is 1.86. The van der Waals surface area contributed by atoms with E-state index in [-0.39, 0.29) is 5.76 Å². The molecule has 0 aromatic rings. The number of allylic oxidation sites excluding steroid dienone is 1. The van der Waals surface area contributed by atoms with E-state index in [9.17, 15) is 0 Å². The monoisotopic (exact) mass is 78.0 g/mol. The summed E-state index contributed by atoms with van der Waals surface area (Å²) >= 11 is 0. The lowest BCUT2D eigenvalue weighted by molar-refractivity contribution is 0.435. The van der Waals surface area contributed by atoms with Crippen LogP contribution in [-0.2, 0) is 0 Å². The van der Waals surface area contributed by atoms with Gasteiger partial charge in [-0.3, -0.25) is 0 Å². The second-order valence-electron chi connectivity index (χ2n) is 0.924. The van der Waals surface area contributed by atoms with Gasteiger partial charge in [-0.2, -0.15) is 0 Å². The van der Waals surface area contributed by atoms with E-state index in [1.165, 1.54) is 6.08 Å². The fraction of sp³-hybridized carbons (Fsp3) is 0. The summed E-state index contributed by atoms with van der Waals surface area (Å²) in [7, 11) is 0. The van der Waals surface area contributed by atoms with Gasteiger partial charge in [0.15, 0.2) is 5.76 Å². The second kappa shape index (κ2) is 0.931. The van der Waals surface area contributed by atoms with Crippen LogP contribution in [-0.4, -0.2) is 5.11 Å². The van der Waals surface area contributed by atoms with Crippen molar-refractivity contribution in [2.24, 2.45) is 0 Å². The molecule has 0 bridgehead atoms. The molecule has 0 atom stereocenters. The third-order valence-electron chi connectivity index (χ3n) is 0.472. The fourth-order valence-corrected chi connectivity index (χ4v) is 0.241. The van der Waals surface area contributed by atoms with E-state index in [0.29, 0.717) is 0 Å². The molecule has 0 amide bonds. The predicted molar refractivity (Wildman–Crippen MR) is 21.3 cm³/mol. The van der Waals surface area contributed by atoms with E-state index in [0.717, 1.165) is 0 Å². The van der Waals surface area contributed by atoms with Crippen molar-refractivity contribution in [3.63, 3.8) is 0 Å². The van der Waals surface area contributed by atoms with E-state index in [2.05, 4.69) is 17.2 Å². The topological polar surface area (TPSA) is 20.2 Å². The Morgan fingerprint density at radius 3 is 2.67 bits per heavy atom. The lowest BCUT2D eigenvalue weighted by atomic mass is 10.6. The molecule has 1 N–H and O–H groups in total. The first-order valence-corrected chi connectivity index (χ1v) is 1.55. The SMILES string of the molecule is OC1=C=C=C=C1. The molecule has 0 heterocycles. The molecule has 0 aromatic heterocycles. The van der Waals surface area contributed by atoms with Gasteiger partial charge < -0.3 is 5.11 Å². The highest BCUT2D eigenvalue weighted by Crippen LogP contribution is 1.86. The van der Waals surface area contributed by atoms with Crippen LogP contribution in [0.4, 0.5) is 0 Å². The molecule has 1 nitrogen and oxygen atoms in total. The zero-order chi connectivity index (χ0) is 4.41. The summed E-state index contributed by atoms with van der Waals surface area (Å²) in [6.07, 6.45) is 1.40. The van der Waals surface area contributed by atoms with Crippen LogP contribution in [0.3, 0.4) is 0 Å². The number of hydrogen-bond acceptors (Lipinski definition) is 1. The molecule has 0 fully saturated rings. The molecule has 0 saturated carbocycles. The van der Waals surface area contributed by atoms with Gasteiger partial charge in [0.25, 0.3) is 0 Å². The minimum atomic E-state index is 0.106. The second-order valence-corrected chi connectivity index (χ2v) is 0.924. The molecule has 1 rings (SSSR count). The highest BCUT2D eigenvalue weighted by Gasteiger charge is 1.77. The maximum atomic E-state index is 8.35. The van der Waals surface area contributed by atoms with Gasteiger partial charge in [-0.25, -0.2) is 0 Å². The van der Waals surface area contributed by atoms with Crippen molar-refractivity contribution in [1.82, 2.24) is 0 Å². The van der Waals surface area contributed by atoms with Crippen LogP contribution in [0.1, 0.15) is 0 Å². The first-order valence-electron chi connectivity index (χ1n) is 1.55. The Labute approximate surface area is 35.2 Å². The van der Waals surface area contributed by atoms with Crippen LogP contribution in [0.15, 0.2) is 29.0 Å². The first kappa shape index (κ1) is 3.08. The van der Waals surface area contributed by atoms with Crippen LogP contribution in [0.5, 0.6) is 0 Å². The minimum absolute atomic E-state index is 0.106. The van der Waals surface area contributed by atoms with E-state index in [1.807, 2.05) is 0 Å². The highest BCUT2D eigenvalue weighted by molar-refractivity contribution is 5.14. The van der Waals surface area contributed by atoms with Gasteiger partial charge in [0.05, 0.1) is 0 Å². The number of rotatable bonds is 0. The smallest absolute Gasteiger partial charge is 0.176 e. The number of aliphatic hydroxyl groups excluding tert-OH is 1. The Hall–Kier alpha value is -1.12. The molecule has 0 aliphatic heterocycles. The summed E-state index contributed by atoms with van der Waals surface area (Å²) < 4.78 is 0. The van der Waals surface area contributed by atoms with E-state index in [4.69, 9.17) is 5.11 Å². The van der Waals surface area contributed by atoms with Crippen LogP contribution >= 0.6 is 0 Å². The Bertz CT molecular complexity index is 182. The Morgan fingerprint density at radius 2 is 2.50 bits per heavy atom. The third kappa shape index (κ3) is 0.294. The van der Waals surface area contributed by atoms with Gasteiger partial charge in [-0.15, -0.1) is 0 Å². The molecule has 0 unspecified atom stereocenters. The Kier molecular flexibility index (Phi) is 0.479. The van der Waals surface area contributed by atoms with Crippen molar-refractivity contribution in [2.75, 3.05) is 0 Å². The van der Waals surface area contributed by atoms with Gasteiger partial charge in [-0.05, 0) is 11.5 Å². The van der Waals surface area contributed by atoms with Crippen molar-refractivity contribution < 1.29 is 5.11 Å². The normalized spacial score (nSPS) is 13.0. The largest absolute Gasteiger partial charge is 0.500 e. The summed E-state index contributed by atoms with van der Waals surface area (Å²) in [6, 6.07) is 0. The van der Waals surface area contributed by atoms with E-state index < -0.39 is 0 Å². The standard InChI is InChI=1S/C5H2O/c6-5-3-1-2-4-5/h3,6H. The third-order valence-corrected chi connectivity index (χ3v) is 0.472. The van der Waals surface area contributed by atoms with Crippen LogP contribution in [0.25, 0.3) is 0 Å². The highest BCUT2D eigenvalue weighted by atomic mass is 16.3. The van der Waals surface area contributed by atoms with Crippen molar-refractivity contribution >= 4 is 0 Å². The summed E-state index contributed by atoms with van der Waals surface area (Å²) in [5, 5.41) is 8.35. The quantitative estimate of drug-likeness (QED) is 0.427. The molecular formula is C5H2O.